The van der Waals surface area contributed by atoms with Crippen molar-refractivity contribution in [1.29, 1.82) is 0 Å². The van der Waals surface area contributed by atoms with E-state index >= 15 is 0 Å². The van der Waals surface area contributed by atoms with E-state index in [-0.39, 0.29) is 11.9 Å². The topological polar surface area (TPSA) is 70.7 Å². The average molecular weight is 418 g/mol. The molecular weight excluding hydrogens is 403 g/mol. The summed E-state index contributed by atoms with van der Waals surface area (Å²) in [5.41, 5.74) is 2.45. The van der Waals surface area contributed by atoms with Crippen LogP contribution < -0.4 is 5.32 Å². The molecule has 0 spiro atoms. The number of nitrogens with one attached hydrogen (secondary N) is 2. The molecule has 1 aliphatic rings. The summed E-state index contributed by atoms with van der Waals surface area (Å²) in [7, 11) is 0. The summed E-state index contributed by atoms with van der Waals surface area (Å²) in [4.78, 5) is 17.1. The lowest BCUT2D eigenvalue weighted by molar-refractivity contribution is 0.0931. The molecule has 4 rings (SSSR count). The Labute approximate surface area is 147 Å². The first-order valence-electron chi connectivity index (χ1n) is 7.58. The van der Waals surface area contributed by atoms with Crippen LogP contribution in [0.15, 0.2) is 42.6 Å². The van der Waals surface area contributed by atoms with Crippen molar-refractivity contribution in [2.24, 2.45) is 5.92 Å². The van der Waals surface area contributed by atoms with E-state index in [2.05, 4.69) is 43.1 Å². The van der Waals surface area contributed by atoms with Crippen LogP contribution >= 0.6 is 22.6 Å². The van der Waals surface area contributed by atoms with E-state index in [0.29, 0.717) is 11.5 Å². The maximum Gasteiger partial charge on any atom is 0.251 e. The molecule has 3 aromatic rings. The number of aromatic amines is 1. The molecular formula is C17H15IN4O. The minimum absolute atomic E-state index is 0.0113. The highest BCUT2D eigenvalue weighted by Crippen LogP contribution is 2.40. The lowest BCUT2D eigenvalue weighted by atomic mass is 10.1. The number of nitrogens with zero attached hydrogens (tertiary/aromatic N) is 2. The highest BCUT2D eigenvalue weighted by molar-refractivity contribution is 14.1. The molecule has 23 heavy (non-hydrogen) atoms. The van der Waals surface area contributed by atoms with Gasteiger partial charge in [-0.3, -0.25) is 14.9 Å². The minimum atomic E-state index is -0.0635. The van der Waals surface area contributed by atoms with Gasteiger partial charge in [-0.2, -0.15) is 5.10 Å². The second-order valence-electron chi connectivity index (χ2n) is 5.81. The zero-order valence-corrected chi connectivity index (χ0v) is 14.4. The number of hydrogen-bond acceptors (Lipinski definition) is 3. The van der Waals surface area contributed by atoms with Crippen LogP contribution in [-0.2, 0) is 0 Å². The van der Waals surface area contributed by atoms with Gasteiger partial charge in [-0.25, -0.2) is 0 Å². The zero-order valence-electron chi connectivity index (χ0n) is 12.3. The third kappa shape index (κ3) is 2.95. The Bertz CT molecular complexity index is 857. The van der Waals surface area contributed by atoms with Crippen molar-refractivity contribution in [3.8, 4) is 0 Å². The van der Waals surface area contributed by atoms with Gasteiger partial charge in [0.15, 0.2) is 0 Å². The fraction of sp³-hybridized carbons (Fsp3) is 0.235. The number of rotatable bonds is 4. The molecule has 5 nitrogen and oxygen atoms in total. The van der Waals surface area contributed by atoms with E-state index in [9.17, 15) is 4.79 Å². The number of pyridine rings is 1. The minimum Gasteiger partial charge on any atom is -0.343 e. The number of amides is 1. The van der Waals surface area contributed by atoms with Gasteiger partial charge in [0.05, 0.1) is 17.3 Å². The number of benzene rings is 1. The fourth-order valence-electron chi connectivity index (χ4n) is 2.77. The predicted octanol–water partition coefficient (Wildman–Crippen LogP) is 3.44. The molecule has 0 radical (unpaired) electrons. The van der Waals surface area contributed by atoms with Crippen LogP contribution in [0.3, 0.4) is 0 Å². The van der Waals surface area contributed by atoms with E-state index in [4.69, 9.17) is 0 Å². The first kappa shape index (κ1) is 14.6. The highest BCUT2D eigenvalue weighted by atomic mass is 127. The third-order valence-electron chi connectivity index (χ3n) is 4.16. The number of carbonyl (C=O) groups is 1. The van der Waals surface area contributed by atoms with Crippen molar-refractivity contribution in [1.82, 2.24) is 20.5 Å². The molecule has 0 aliphatic heterocycles. The van der Waals surface area contributed by atoms with E-state index < -0.39 is 0 Å². The van der Waals surface area contributed by atoms with Gasteiger partial charge in [0.2, 0.25) is 0 Å². The van der Waals surface area contributed by atoms with Crippen LogP contribution in [0.4, 0.5) is 0 Å². The fourth-order valence-corrected chi connectivity index (χ4v) is 3.32. The molecule has 0 saturated heterocycles. The molecule has 116 valence electrons. The summed E-state index contributed by atoms with van der Waals surface area (Å²) in [6.45, 7) is 0. The molecule has 2 N–H and O–H groups in total. The third-order valence-corrected chi connectivity index (χ3v) is 4.98. The number of aromatic nitrogens is 3. The summed E-state index contributed by atoms with van der Waals surface area (Å²) in [5.74, 6) is 0.429. The number of H-pyrrole nitrogens is 1. The van der Waals surface area contributed by atoms with Crippen LogP contribution in [0.25, 0.3) is 10.9 Å². The van der Waals surface area contributed by atoms with Gasteiger partial charge in [-0.1, -0.05) is 6.07 Å². The Hall–Kier alpha value is -1.96. The van der Waals surface area contributed by atoms with Crippen LogP contribution in [-0.4, -0.2) is 21.1 Å². The van der Waals surface area contributed by atoms with Crippen molar-refractivity contribution in [3.05, 3.63) is 57.6 Å². The summed E-state index contributed by atoms with van der Waals surface area (Å²) in [5, 5.41) is 11.2. The van der Waals surface area contributed by atoms with E-state index in [1.165, 1.54) is 0 Å². The van der Waals surface area contributed by atoms with Crippen molar-refractivity contribution in [2.75, 3.05) is 0 Å². The normalized spacial score (nSPS) is 15.5. The van der Waals surface area contributed by atoms with Crippen molar-refractivity contribution >= 4 is 39.4 Å². The van der Waals surface area contributed by atoms with Gasteiger partial charge >= 0.3 is 0 Å². The van der Waals surface area contributed by atoms with Crippen LogP contribution in [0.2, 0.25) is 0 Å². The van der Waals surface area contributed by atoms with Gasteiger partial charge < -0.3 is 5.32 Å². The van der Waals surface area contributed by atoms with Crippen LogP contribution in [0.5, 0.6) is 0 Å². The molecule has 0 bridgehead atoms. The Morgan fingerprint density at radius 2 is 2.17 bits per heavy atom. The first-order chi connectivity index (χ1) is 11.2. The number of hydrogen-bond donors (Lipinski definition) is 2. The van der Waals surface area contributed by atoms with E-state index in [1.54, 1.807) is 6.20 Å². The number of halogens is 1. The van der Waals surface area contributed by atoms with Crippen LogP contribution in [0.1, 0.15) is 34.9 Å². The molecule has 2 heterocycles. The average Bonchev–Trinajstić information content (AvgIpc) is 3.37. The molecule has 1 atom stereocenters. The van der Waals surface area contributed by atoms with Crippen molar-refractivity contribution in [2.45, 2.75) is 18.9 Å². The summed E-state index contributed by atoms with van der Waals surface area (Å²) < 4.78 is 0.940. The zero-order chi connectivity index (χ0) is 15.8. The van der Waals surface area contributed by atoms with E-state index in [1.807, 2.05) is 36.4 Å². The largest absolute Gasteiger partial charge is 0.343 e. The Morgan fingerprint density at radius 3 is 2.91 bits per heavy atom. The molecule has 1 fully saturated rings. The lowest BCUT2D eigenvalue weighted by Gasteiger charge is -2.17. The van der Waals surface area contributed by atoms with Gasteiger partial charge in [-0.05, 0) is 71.7 Å². The van der Waals surface area contributed by atoms with Gasteiger partial charge in [0.25, 0.3) is 5.91 Å². The summed E-state index contributed by atoms with van der Waals surface area (Å²) in [6.07, 6.45) is 4.05. The monoisotopic (exact) mass is 418 g/mol. The molecule has 6 heteroatoms. The summed E-state index contributed by atoms with van der Waals surface area (Å²) in [6, 6.07) is 11.4. The SMILES string of the molecule is O=C(N[C@@H](c1ccccn1)C1CC1)c1ccc2n[nH]c(I)c2c1. The second-order valence-corrected chi connectivity index (χ2v) is 6.89. The standard InChI is InChI=1S/C17H15IN4O/c18-16-12-9-11(6-7-13(12)21-22-16)17(23)20-15(10-4-5-10)14-3-1-2-8-19-14/h1-3,6-10,15H,4-5H2,(H,20,23)(H,21,22)/t15-/m1/s1. The maximum absolute atomic E-state index is 12.7. The molecule has 1 aromatic carbocycles. The van der Waals surface area contributed by atoms with Crippen LogP contribution in [0, 0.1) is 9.62 Å². The smallest absolute Gasteiger partial charge is 0.251 e. The maximum atomic E-state index is 12.7. The van der Waals surface area contributed by atoms with Gasteiger partial charge in [-0.15, -0.1) is 0 Å². The van der Waals surface area contributed by atoms with Gasteiger partial charge in [0.1, 0.15) is 3.70 Å². The van der Waals surface area contributed by atoms with Crippen molar-refractivity contribution in [3.63, 3.8) is 0 Å². The molecule has 1 aliphatic carbocycles. The lowest BCUT2D eigenvalue weighted by Crippen LogP contribution is -2.30. The van der Waals surface area contributed by atoms with Gasteiger partial charge in [0, 0.05) is 17.1 Å². The Morgan fingerprint density at radius 1 is 1.30 bits per heavy atom. The number of fused-ring (bicyclic) bond motifs is 1. The predicted molar refractivity (Wildman–Crippen MR) is 96.0 cm³/mol. The first-order valence-corrected chi connectivity index (χ1v) is 8.65. The second kappa shape index (κ2) is 5.92. The molecule has 2 aromatic heterocycles. The van der Waals surface area contributed by atoms with E-state index in [0.717, 1.165) is 33.1 Å². The molecule has 0 unspecified atom stereocenters. The molecule has 1 amide bonds. The number of carbonyl (C=O) groups excluding carboxylic acids is 1. The summed E-state index contributed by atoms with van der Waals surface area (Å²) >= 11 is 2.19. The molecule has 1 saturated carbocycles. The van der Waals surface area contributed by atoms with Crippen molar-refractivity contribution < 1.29 is 4.79 Å². The Kier molecular flexibility index (Phi) is 3.76. The highest BCUT2D eigenvalue weighted by Gasteiger charge is 2.34. The Balaban J connectivity index is 1.61. The quantitative estimate of drug-likeness (QED) is 0.638.